The number of rotatable bonds is 4. The van der Waals surface area contributed by atoms with Crippen LogP contribution in [0, 0.1) is 5.92 Å². The lowest BCUT2D eigenvalue weighted by atomic mass is 9.84. The van der Waals surface area contributed by atoms with Gasteiger partial charge >= 0.3 is 0 Å². The summed E-state index contributed by atoms with van der Waals surface area (Å²) in [5.41, 5.74) is 0. The average molecular weight is 283 g/mol. The van der Waals surface area contributed by atoms with E-state index in [2.05, 4.69) is 20.2 Å². The van der Waals surface area contributed by atoms with Gasteiger partial charge in [0.15, 0.2) is 5.82 Å². The second kappa shape index (κ2) is 5.61. The number of nitrogens with one attached hydrogen (secondary N) is 1. The Morgan fingerprint density at radius 1 is 1.42 bits per heavy atom. The second-order valence-electron chi connectivity index (χ2n) is 5.31. The van der Waals surface area contributed by atoms with Crippen LogP contribution in [-0.4, -0.2) is 47.7 Å². The van der Waals surface area contributed by atoms with Gasteiger partial charge in [-0.1, -0.05) is 11.6 Å². The van der Waals surface area contributed by atoms with Crippen molar-refractivity contribution in [1.82, 2.24) is 14.9 Å². The molecule has 0 aliphatic carbocycles. The fourth-order valence-electron chi connectivity index (χ4n) is 3.05. The molecule has 0 radical (unpaired) electrons. The number of methoxy groups -OCH3 is 1. The summed E-state index contributed by atoms with van der Waals surface area (Å²) in [5, 5.41) is 3.98. The molecule has 3 aliphatic heterocycles. The average Bonchev–Trinajstić information content (AvgIpc) is 2.39. The van der Waals surface area contributed by atoms with E-state index in [0.717, 1.165) is 18.3 Å². The smallest absolute Gasteiger partial charge is 0.158 e. The summed E-state index contributed by atoms with van der Waals surface area (Å²) in [6.07, 6.45) is 2.56. The van der Waals surface area contributed by atoms with Gasteiger partial charge in [-0.3, -0.25) is 0 Å². The standard InChI is InChI=1S/C13H19ClN4O/c1-19-8-13-16-11(14)6-12(17-13)15-10-7-18-4-2-9(10)3-5-18/h6,9-10H,2-5,7-8H2,1H3,(H,15,16,17). The van der Waals surface area contributed by atoms with Crippen molar-refractivity contribution in [3.05, 3.63) is 17.0 Å². The molecule has 19 heavy (non-hydrogen) atoms. The summed E-state index contributed by atoms with van der Waals surface area (Å²) in [5.74, 6) is 2.19. The zero-order chi connectivity index (χ0) is 13.2. The molecule has 1 aromatic heterocycles. The molecule has 3 aliphatic rings. The van der Waals surface area contributed by atoms with Gasteiger partial charge < -0.3 is 15.0 Å². The number of aromatic nitrogens is 2. The van der Waals surface area contributed by atoms with E-state index in [-0.39, 0.29) is 0 Å². The monoisotopic (exact) mass is 282 g/mol. The quantitative estimate of drug-likeness (QED) is 0.853. The Labute approximate surface area is 118 Å². The molecule has 6 heteroatoms. The Kier molecular flexibility index (Phi) is 3.86. The molecule has 1 unspecified atom stereocenters. The molecule has 4 rings (SSSR count). The summed E-state index contributed by atoms with van der Waals surface area (Å²) in [6, 6.07) is 2.27. The maximum absolute atomic E-state index is 6.03. The lowest BCUT2D eigenvalue weighted by molar-refractivity contribution is 0.0973. The third-order valence-corrected chi connectivity index (χ3v) is 4.20. The van der Waals surface area contributed by atoms with E-state index in [4.69, 9.17) is 16.3 Å². The summed E-state index contributed by atoms with van der Waals surface area (Å²) < 4.78 is 5.06. The zero-order valence-electron chi connectivity index (χ0n) is 11.1. The highest BCUT2D eigenvalue weighted by atomic mass is 35.5. The van der Waals surface area contributed by atoms with E-state index < -0.39 is 0 Å². The van der Waals surface area contributed by atoms with Crippen molar-refractivity contribution in [1.29, 1.82) is 0 Å². The van der Waals surface area contributed by atoms with Crippen LogP contribution >= 0.6 is 11.6 Å². The third-order valence-electron chi connectivity index (χ3n) is 4.00. The van der Waals surface area contributed by atoms with Crippen LogP contribution in [-0.2, 0) is 11.3 Å². The number of ether oxygens (including phenoxy) is 1. The number of halogens is 1. The van der Waals surface area contributed by atoms with E-state index in [1.807, 2.05) is 0 Å². The van der Waals surface area contributed by atoms with Gasteiger partial charge in [-0.25, -0.2) is 9.97 Å². The topological polar surface area (TPSA) is 50.3 Å². The molecule has 3 fully saturated rings. The van der Waals surface area contributed by atoms with Crippen molar-refractivity contribution in [2.45, 2.75) is 25.5 Å². The highest BCUT2D eigenvalue weighted by Gasteiger charge is 2.34. The van der Waals surface area contributed by atoms with Crippen LogP contribution in [0.3, 0.4) is 0 Å². The maximum Gasteiger partial charge on any atom is 0.158 e. The van der Waals surface area contributed by atoms with E-state index in [9.17, 15) is 0 Å². The van der Waals surface area contributed by atoms with Crippen LogP contribution in [0.2, 0.25) is 5.15 Å². The lowest BCUT2D eigenvalue weighted by Gasteiger charge is -2.45. The Bertz CT molecular complexity index is 448. The van der Waals surface area contributed by atoms with Crippen LogP contribution in [0.15, 0.2) is 6.07 Å². The van der Waals surface area contributed by atoms with Gasteiger partial charge in [-0.05, 0) is 31.8 Å². The van der Waals surface area contributed by atoms with E-state index in [1.54, 1.807) is 13.2 Å². The number of anilines is 1. The molecule has 1 aromatic rings. The molecule has 1 N–H and O–H groups in total. The van der Waals surface area contributed by atoms with E-state index in [1.165, 1.54) is 25.9 Å². The van der Waals surface area contributed by atoms with Gasteiger partial charge in [-0.15, -0.1) is 0 Å². The fraction of sp³-hybridized carbons (Fsp3) is 0.692. The molecule has 0 aromatic carbocycles. The van der Waals surface area contributed by atoms with Crippen molar-refractivity contribution in [2.24, 2.45) is 5.92 Å². The van der Waals surface area contributed by atoms with E-state index >= 15 is 0 Å². The molecule has 104 valence electrons. The maximum atomic E-state index is 6.03. The first-order valence-corrected chi connectivity index (χ1v) is 7.13. The molecule has 1 atom stereocenters. The molecule has 0 saturated carbocycles. The summed E-state index contributed by atoms with van der Waals surface area (Å²) in [6.45, 7) is 3.96. The zero-order valence-corrected chi connectivity index (χ0v) is 11.9. The second-order valence-corrected chi connectivity index (χ2v) is 5.70. The first kappa shape index (κ1) is 13.1. The van der Waals surface area contributed by atoms with Gasteiger partial charge in [0.05, 0.1) is 0 Å². The van der Waals surface area contributed by atoms with Gasteiger partial charge in [0.2, 0.25) is 0 Å². The third kappa shape index (κ3) is 2.99. The Hall–Kier alpha value is -0.910. The van der Waals surface area contributed by atoms with Gasteiger partial charge in [0.1, 0.15) is 17.6 Å². The summed E-state index contributed by atoms with van der Waals surface area (Å²) in [4.78, 5) is 11.1. The highest BCUT2D eigenvalue weighted by Crippen LogP contribution is 2.29. The van der Waals surface area contributed by atoms with Gasteiger partial charge in [-0.2, -0.15) is 0 Å². The molecule has 3 saturated heterocycles. The number of hydrogen-bond donors (Lipinski definition) is 1. The van der Waals surface area contributed by atoms with Crippen LogP contribution < -0.4 is 5.32 Å². The highest BCUT2D eigenvalue weighted by molar-refractivity contribution is 6.29. The first-order chi connectivity index (χ1) is 9.24. The number of nitrogens with zero attached hydrogens (tertiary/aromatic N) is 3. The van der Waals surface area contributed by atoms with Gasteiger partial charge in [0, 0.05) is 25.8 Å². The minimum absolute atomic E-state index is 0.384. The summed E-state index contributed by atoms with van der Waals surface area (Å²) in [7, 11) is 1.63. The normalized spacial score (nSPS) is 29.5. The number of hydrogen-bond acceptors (Lipinski definition) is 5. The SMILES string of the molecule is COCc1nc(Cl)cc(NC2CN3CCC2CC3)n1. The Balaban J connectivity index is 1.72. The molecule has 0 spiro atoms. The Morgan fingerprint density at radius 3 is 2.84 bits per heavy atom. The molecule has 4 heterocycles. The lowest BCUT2D eigenvalue weighted by Crippen LogP contribution is -2.53. The first-order valence-electron chi connectivity index (χ1n) is 6.76. The van der Waals surface area contributed by atoms with Crippen LogP contribution in [0.4, 0.5) is 5.82 Å². The van der Waals surface area contributed by atoms with Crippen molar-refractivity contribution >= 4 is 17.4 Å². The van der Waals surface area contributed by atoms with Crippen LogP contribution in [0.25, 0.3) is 0 Å². The number of fused-ring (bicyclic) bond motifs is 3. The number of piperidine rings is 3. The molecular formula is C13H19ClN4O. The molecule has 5 nitrogen and oxygen atoms in total. The van der Waals surface area contributed by atoms with Crippen LogP contribution in [0.1, 0.15) is 18.7 Å². The Morgan fingerprint density at radius 2 is 2.21 bits per heavy atom. The minimum atomic E-state index is 0.384. The van der Waals surface area contributed by atoms with Crippen molar-refractivity contribution in [3.63, 3.8) is 0 Å². The van der Waals surface area contributed by atoms with Gasteiger partial charge in [0.25, 0.3) is 0 Å². The predicted molar refractivity (Wildman–Crippen MR) is 74.3 cm³/mol. The summed E-state index contributed by atoms with van der Waals surface area (Å²) >= 11 is 6.03. The molecule has 0 amide bonds. The van der Waals surface area contributed by atoms with Crippen molar-refractivity contribution in [3.8, 4) is 0 Å². The molecule has 2 bridgehead atoms. The van der Waals surface area contributed by atoms with Crippen LogP contribution in [0.5, 0.6) is 0 Å². The van der Waals surface area contributed by atoms with E-state index in [0.29, 0.717) is 23.6 Å². The van der Waals surface area contributed by atoms with Crippen molar-refractivity contribution in [2.75, 3.05) is 32.1 Å². The largest absolute Gasteiger partial charge is 0.377 e. The fourth-order valence-corrected chi connectivity index (χ4v) is 3.25. The minimum Gasteiger partial charge on any atom is -0.377 e. The van der Waals surface area contributed by atoms with Crippen molar-refractivity contribution < 1.29 is 4.74 Å². The predicted octanol–water partition coefficient (Wildman–Crippen LogP) is 1.78. The molecular weight excluding hydrogens is 264 g/mol.